The van der Waals surface area contributed by atoms with Gasteiger partial charge in [-0.25, -0.2) is 4.79 Å². The standard InChI is InChI=1S/C29H36N4O5/c1-9-33(27(36)22(16-23(30)34)31-28(37)38-29(6,7)8)25(21-14-13-17(2)20(5)15-21)26(35)32-24-18(3)11-10-12-19(24)4/h1,10-15,22,25H,16H2,2-8H3,(H2,30,34)(H,31,37)(H,32,35). The highest BCUT2D eigenvalue weighted by molar-refractivity contribution is 6.01. The highest BCUT2D eigenvalue weighted by Crippen LogP contribution is 2.28. The molecule has 4 N–H and O–H groups in total. The Balaban J connectivity index is 2.55. The number of hydrogen-bond acceptors (Lipinski definition) is 5. The molecule has 2 aromatic rings. The van der Waals surface area contributed by atoms with Crippen molar-refractivity contribution in [3.05, 3.63) is 64.2 Å². The van der Waals surface area contributed by atoms with Crippen LogP contribution in [-0.4, -0.2) is 40.4 Å². The number of nitrogens with zero attached hydrogens (tertiary/aromatic N) is 1. The fourth-order valence-electron chi connectivity index (χ4n) is 3.84. The molecule has 4 amide bonds. The molecule has 0 spiro atoms. The van der Waals surface area contributed by atoms with Crippen LogP contribution in [0.15, 0.2) is 36.4 Å². The summed E-state index contributed by atoms with van der Waals surface area (Å²) in [5.74, 6) is -2.27. The second-order valence-corrected chi connectivity index (χ2v) is 10.2. The van der Waals surface area contributed by atoms with Gasteiger partial charge in [0.15, 0.2) is 0 Å². The van der Waals surface area contributed by atoms with Crippen LogP contribution in [0.4, 0.5) is 10.5 Å². The normalized spacial score (nSPS) is 12.5. The van der Waals surface area contributed by atoms with Gasteiger partial charge in [-0.1, -0.05) is 42.8 Å². The molecule has 0 aliphatic carbocycles. The molecule has 0 radical (unpaired) electrons. The van der Waals surface area contributed by atoms with Gasteiger partial charge in [-0.2, -0.15) is 0 Å². The van der Waals surface area contributed by atoms with Crippen molar-refractivity contribution >= 4 is 29.5 Å². The molecule has 9 nitrogen and oxygen atoms in total. The lowest BCUT2D eigenvalue weighted by molar-refractivity contribution is -0.138. The van der Waals surface area contributed by atoms with Gasteiger partial charge in [-0.15, -0.1) is 0 Å². The predicted molar refractivity (Wildman–Crippen MR) is 146 cm³/mol. The van der Waals surface area contributed by atoms with Crippen molar-refractivity contribution < 1.29 is 23.9 Å². The average Bonchev–Trinajstić information content (AvgIpc) is 2.79. The van der Waals surface area contributed by atoms with Crippen LogP contribution < -0.4 is 16.4 Å². The van der Waals surface area contributed by atoms with Gasteiger partial charge >= 0.3 is 6.09 Å². The van der Waals surface area contributed by atoms with Gasteiger partial charge in [0.2, 0.25) is 5.91 Å². The van der Waals surface area contributed by atoms with Gasteiger partial charge in [0.25, 0.3) is 11.8 Å². The van der Waals surface area contributed by atoms with Crippen molar-refractivity contribution in [2.24, 2.45) is 5.73 Å². The number of carbonyl (C=O) groups excluding carboxylic acids is 4. The molecule has 202 valence electrons. The van der Waals surface area contributed by atoms with E-state index in [4.69, 9.17) is 16.9 Å². The van der Waals surface area contributed by atoms with Gasteiger partial charge in [0, 0.05) is 11.7 Å². The maximum Gasteiger partial charge on any atom is 0.408 e. The zero-order chi connectivity index (χ0) is 28.8. The van der Waals surface area contributed by atoms with E-state index in [1.807, 2.05) is 52.0 Å². The molecule has 2 unspecified atom stereocenters. The van der Waals surface area contributed by atoms with E-state index in [9.17, 15) is 19.2 Å². The molecule has 0 aromatic heterocycles. The number of terminal acetylenes is 1. The number of rotatable bonds is 8. The number of carbonyl (C=O) groups is 4. The average molecular weight is 521 g/mol. The number of amides is 4. The lowest BCUT2D eigenvalue weighted by atomic mass is 9.98. The summed E-state index contributed by atoms with van der Waals surface area (Å²) in [5.41, 5.74) is 9.08. The molecular formula is C29H36N4O5. The Morgan fingerprint density at radius 3 is 2.11 bits per heavy atom. The Morgan fingerprint density at radius 1 is 1.00 bits per heavy atom. The Hall–Kier alpha value is -4.32. The molecule has 0 aliphatic rings. The topological polar surface area (TPSA) is 131 Å². The zero-order valence-electron chi connectivity index (χ0n) is 23.0. The molecule has 0 bridgehead atoms. The summed E-state index contributed by atoms with van der Waals surface area (Å²) in [4.78, 5) is 52.6. The lowest BCUT2D eigenvalue weighted by Gasteiger charge is -2.30. The van der Waals surface area contributed by atoms with Crippen LogP contribution in [0.5, 0.6) is 0 Å². The number of para-hydroxylation sites is 1. The molecular weight excluding hydrogens is 484 g/mol. The van der Waals surface area contributed by atoms with E-state index >= 15 is 0 Å². The number of nitrogens with one attached hydrogen (secondary N) is 2. The third-order valence-corrected chi connectivity index (χ3v) is 5.85. The Labute approximate surface area is 224 Å². The van der Waals surface area contributed by atoms with Crippen molar-refractivity contribution in [2.45, 2.75) is 72.6 Å². The highest BCUT2D eigenvalue weighted by Gasteiger charge is 2.37. The number of aryl methyl sites for hydroxylation is 4. The minimum atomic E-state index is -1.46. The first-order valence-electron chi connectivity index (χ1n) is 12.2. The second kappa shape index (κ2) is 12.3. The smallest absolute Gasteiger partial charge is 0.408 e. The van der Waals surface area contributed by atoms with Crippen LogP contribution in [0.1, 0.15) is 61.1 Å². The first-order chi connectivity index (χ1) is 17.6. The molecule has 9 heteroatoms. The summed E-state index contributed by atoms with van der Waals surface area (Å²) in [6.07, 6.45) is 4.31. The Kier molecular flexibility index (Phi) is 9.66. The molecule has 0 fully saturated rings. The molecule has 2 rings (SSSR count). The monoisotopic (exact) mass is 520 g/mol. The van der Waals surface area contributed by atoms with Gasteiger partial charge < -0.3 is 21.1 Å². The number of ether oxygens (including phenoxy) is 1. The van der Waals surface area contributed by atoms with Crippen LogP contribution in [0, 0.1) is 40.2 Å². The predicted octanol–water partition coefficient (Wildman–Crippen LogP) is 3.79. The first kappa shape index (κ1) is 29.9. The van der Waals surface area contributed by atoms with Crippen molar-refractivity contribution in [3.8, 4) is 12.5 Å². The van der Waals surface area contributed by atoms with Gasteiger partial charge in [0.1, 0.15) is 17.7 Å². The van der Waals surface area contributed by atoms with Crippen LogP contribution in [0.25, 0.3) is 0 Å². The second-order valence-electron chi connectivity index (χ2n) is 10.2. The number of primary amides is 1. The minimum absolute atomic E-state index is 0.457. The summed E-state index contributed by atoms with van der Waals surface area (Å²) in [6.45, 7) is 12.5. The van der Waals surface area contributed by atoms with Crippen LogP contribution in [0.2, 0.25) is 0 Å². The molecule has 2 atom stereocenters. The fraction of sp³-hybridized carbons (Fsp3) is 0.379. The van der Waals surface area contributed by atoms with E-state index in [1.54, 1.807) is 32.9 Å². The van der Waals surface area contributed by atoms with Crippen molar-refractivity contribution in [1.82, 2.24) is 10.2 Å². The number of benzene rings is 2. The zero-order valence-corrected chi connectivity index (χ0v) is 23.0. The van der Waals surface area contributed by atoms with E-state index in [-0.39, 0.29) is 0 Å². The molecule has 38 heavy (non-hydrogen) atoms. The lowest BCUT2D eigenvalue weighted by Crippen LogP contribution is -2.52. The van der Waals surface area contributed by atoms with Crippen molar-refractivity contribution in [1.29, 1.82) is 0 Å². The number of anilines is 1. The van der Waals surface area contributed by atoms with E-state index in [1.165, 1.54) is 0 Å². The largest absolute Gasteiger partial charge is 0.444 e. The maximum atomic E-state index is 13.8. The molecule has 0 saturated heterocycles. The fourth-order valence-corrected chi connectivity index (χ4v) is 3.84. The first-order valence-corrected chi connectivity index (χ1v) is 12.2. The Morgan fingerprint density at radius 2 is 1.61 bits per heavy atom. The third kappa shape index (κ3) is 7.84. The van der Waals surface area contributed by atoms with Gasteiger partial charge in [0.05, 0.1) is 6.42 Å². The van der Waals surface area contributed by atoms with E-state index < -0.39 is 47.9 Å². The SMILES string of the molecule is C#CN(C(=O)C(CC(N)=O)NC(=O)OC(C)(C)C)C(C(=O)Nc1c(C)cccc1C)c1ccc(C)c(C)c1. The van der Waals surface area contributed by atoms with Crippen molar-refractivity contribution in [2.75, 3.05) is 5.32 Å². The van der Waals surface area contributed by atoms with Crippen LogP contribution in [-0.2, 0) is 19.1 Å². The third-order valence-electron chi connectivity index (χ3n) is 5.85. The quantitative estimate of drug-likeness (QED) is 0.360. The van der Waals surface area contributed by atoms with E-state index in [2.05, 4.69) is 16.7 Å². The summed E-state index contributed by atoms with van der Waals surface area (Å²) in [5, 5.41) is 5.27. The van der Waals surface area contributed by atoms with Crippen molar-refractivity contribution in [3.63, 3.8) is 0 Å². The van der Waals surface area contributed by atoms with E-state index in [0.717, 1.165) is 27.2 Å². The summed E-state index contributed by atoms with van der Waals surface area (Å²) < 4.78 is 5.24. The van der Waals surface area contributed by atoms with Crippen LogP contribution >= 0.6 is 0 Å². The van der Waals surface area contributed by atoms with Gasteiger partial charge in [-0.05, 0) is 76.3 Å². The Bertz CT molecular complexity index is 1250. The summed E-state index contributed by atoms with van der Waals surface area (Å²) in [6, 6.07) is 10.4. The van der Waals surface area contributed by atoms with Gasteiger partial charge in [-0.3, -0.25) is 19.3 Å². The minimum Gasteiger partial charge on any atom is -0.444 e. The summed E-state index contributed by atoms with van der Waals surface area (Å²) in [7, 11) is 0. The number of hydrogen-bond donors (Lipinski definition) is 3. The molecule has 0 aliphatic heterocycles. The molecule has 0 heterocycles. The van der Waals surface area contributed by atoms with E-state index in [0.29, 0.717) is 11.3 Å². The number of nitrogens with two attached hydrogens (primary N) is 1. The van der Waals surface area contributed by atoms with Crippen LogP contribution in [0.3, 0.4) is 0 Å². The number of alkyl carbamates (subject to hydrolysis) is 1. The maximum absolute atomic E-state index is 13.8. The summed E-state index contributed by atoms with van der Waals surface area (Å²) >= 11 is 0. The molecule has 2 aromatic carbocycles. The molecule has 0 saturated carbocycles. The highest BCUT2D eigenvalue weighted by atomic mass is 16.6.